The summed E-state index contributed by atoms with van der Waals surface area (Å²) >= 11 is 6.36. The molecule has 1 atom stereocenters. The van der Waals surface area contributed by atoms with E-state index in [1.807, 2.05) is 28.9 Å². The van der Waals surface area contributed by atoms with Crippen LogP contribution in [0.4, 0.5) is 0 Å². The second kappa shape index (κ2) is 10.9. The van der Waals surface area contributed by atoms with Crippen LogP contribution in [0.2, 0.25) is 5.02 Å². The van der Waals surface area contributed by atoms with Crippen LogP contribution >= 0.6 is 11.6 Å². The molecule has 1 aliphatic heterocycles. The molecule has 0 spiro atoms. The van der Waals surface area contributed by atoms with Crippen LogP contribution in [-0.2, 0) is 16.1 Å². The average molecular weight is 458 g/mol. The van der Waals surface area contributed by atoms with Gasteiger partial charge < -0.3 is 20.5 Å². The van der Waals surface area contributed by atoms with Crippen molar-refractivity contribution < 1.29 is 19.4 Å². The lowest BCUT2D eigenvalue weighted by Crippen LogP contribution is -2.36. The molecule has 0 bridgehead atoms. The van der Waals surface area contributed by atoms with E-state index in [4.69, 9.17) is 42.1 Å². The summed E-state index contributed by atoms with van der Waals surface area (Å²) in [6.45, 7) is 2.51. The van der Waals surface area contributed by atoms with Gasteiger partial charge in [-0.3, -0.25) is 9.59 Å². The molecular weight excluding hydrogens is 434 g/mol. The van der Waals surface area contributed by atoms with Gasteiger partial charge in [-0.05, 0) is 30.8 Å². The predicted octanol–water partition coefficient (Wildman–Crippen LogP) is 2.45. The molecule has 1 unspecified atom stereocenters. The number of amides is 1. The number of aromatic nitrogens is 3. The van der Waals surface area contributed by atoms with Gasteiger partial charge in [-0.2, -0.15) is 5.10 Å². The highest BCUT2D eigenvalue weighted by Gasteiger charge is 2.26. The fourth-order valence-electron chi connectivity index (χ4n) is 3.34. The highest BCUT2D eigenvalue weighted by atomic mass is 35.5. The molecule has 10 heteroatoms. The molecule has 0 radical (unpaired) electrons. The number of likely N-dealkylation sites (N-methyl/N-ethyl adjacent to an activating group) is 1. The first-order chi connectivity index (χ1) is 15.4. The maximum Gasteiger partial charge on any atom is 0.290 e. The number of carboxylic acid groups (broad SMARTS) is 1. The van der Waals surface area contributed by atoms with E-state index < -0.39 is 5.91 Å². The Morgan fingerprint density at radius 2 is 1.97 bits per heavy atom. The van der Waals surface area contributed by atoms with Crippen molar-refractivity contribution in [1.82, 2.24) is 19.7 Å². The van der Waals surface area contributed by atoms with Gasteiger partial charge in [0.1, 0.15) is 6.10 Å². The van der Waals surface area contributed by atoms with Gasteiger partial charge in [0.05, 0.1) is 13.2 Å². The van der Waals surface area contributed by atoms with Crippen molar-refractivity contribution >= 4 is 24.0 Å². The summed E-state index contributed by atoms with van der Waals surface area (Å²) < 4.78 is 7.83. The number of hydrogen-bond donors (Lipinski definition) is 2. The first kappa shape index (κ1) is 23.4. The largest absolute Gasteiger partial charge is 0.483 e. The summed E-state index contributed by atoms with van der Waals surface area (Å²) in [5.41, 5.74) is 7.54. The van der Waals surface area contributed by atoms with Crippen LogP contribution in [0.5, 0.6) is 0 Å². The van der Waals surface area contributed by atoms with E-state index in [9.17, 15) is 4.79 Å². The maximum absolute atomic E-state index is 11.3. The Kier molecular flexibility index (Phi) is 7.93. The molecule has 1 aromatic heterocycles. The van der Waals surface area contributed by atoms with Crippen LogP contribution in [-0.4, -0.2) is 63.9 Å². The Morgan fingerprint density at radius 3 is 2.59 bits per heavy atom. The fraction of sp³-hybridized carbons (Fsp3) is 0.273. The van der Waals surface area contributed by atoms with Crippen molar-refractivity contribution in [3.05, 3.63) is 70.5 Å². The summed E-state index contributed by atoms with van der Waals surface area (Å²) in [7, 11) is 2.06. The lowest BCUT2D eigenvalue weighted by atomic mass is 10.1. The normalized spacial score (nSPS) is 16.1. The van der Waals surface area contributed by atoms with E-state index in [0.717, 1.165) is 30.0 Å². The van der Waals surface area contributed by atoms with Crippen molar-refractivity contribution in [2.24, 2.45) is 5.73 Å². The van der Waals surface area contributed by atoms with Crippen molar-refractivity contribution in [2.45, 2.75) is 12.6 Å². The number of nitrogens with zero attached hydrogens (tertiary/aromatic N) is 4. The molecule has 3 aromatic rings. The lowest BCUT2D eigenvalue weighted by molar-refractivity contribution is -0.122. The van der Waals surface area contributed by atoms with E-state index in [1.54, 1.807) is 24.3 Å². The molecule has 3 N–H and O–H groups in total. The third-order valence-electron chi connectivity index (χ3n) is 4.96. The van der Waals surface area contributed by atoms with Crippen LogP contribution in [0.3, 0.4) is 0 Å². The smallest absolute Gasteiger partial charge is 0.290 e. The number of halogens is 1. The Labute approximate surface area is 190 Å². The lowest BCUT2D eigenvalue weighted by Gasteiger charge is -2.29. The molecule has 1 fully saturated rings. The number of carbonyl (C=O) groups is 2. The Hall–Kier alpha value is -3.27. The number of nitrogens with two attached hydrogens (primary N) is 1. The highest BCUT2D eigenvalue weighted by Crippen LogP contribution is 2.26. The second-order valence-corrected chi connectivity index (χ2v) is 7.62. The third-order valence-corrected chi connectivity index (χ3v) is 5.33. The fourth-order valence-corrected chi connectivity index (χ4v) is 3.53. The van der Waals surface area contributed by atoms with Gasteiger partial charge in [0.2, 0.25) is 5.91 Å². The molecule has 1 aliphatic rings. The van der Waals surface area contributed by atoms with E-state index in [-0.39, 0.29) is 12.6 Å². The molecule has 2 heterocycles. The predicted molar refractivity (Wildman–Crippen MR) is 119 cm³/mol. The Balaban J connectivity index is 0.000000913. The average Bonchev–Trinajstić information content (AvgIpc) is 3.20. The number of benzene rings is 2. The van der Waals surface area contributed by atoms with Crippen LogP contribution in [0.15, 0.2) is 48.5 Å². The van der Waals surface area contributed by atoms with Crippen molar-refractivity contribution in [3.8, 4) is 11.4 Å². The summed E-state index contributed by atoms with van der Waals surface area (Å²) in [4.78, 5) is 26.7. The zero-order chi connectivity index (χ0) is 23.1. The number of morpholine rings is 1. The second-order valence-electron chi connectivity index (χ2n) is 7.21. The van der Waals surface area contributed by atoms with Gasteiger partial charge in [0, 0.05) is 29.2 Å². The maximum atomic E-state index is 11.3. The first-order valence-corrected chi connectivity index (χ1v) is 10.3. The number of ether oxygens (including phenoxy) is 1. The highest BCUT2D eigenvalue weighted by molar-refractivity contribution is 6.31. The van der Waals surface area contributed by atoms with Gasteiger partial charge in [-0.1, -0.05) is 41.9 Å². The Bertz CT molecular complexity index is 1070. The molecule has 2 aromatic carbocycles. The van der Waals surface area contributed by atoms with Crippen LogP contribution < -0.4 is 5.73 Å². The van der Waals surface area contributed by atoms with Gasteiger partial charge in [-0.15, -0.1) is 0 Å². The summed E-state index contributed by atoms with van der Waals surface area (Å²) in [6, 6.07) is 14.6. The van der Waals surface area contributed by atoms with Crippen molar-refractivity contribution in [2.75, 3.05) is 26.7 Å². The van der Waals surface area contributed by atoms with Gasteiger partial charge in [0.15, 0.2) is 11.6 Å². The molecule has 1 amide bonds. The number of hydrogen-bond acceptors (Lipinski definition) is 6. The molecule has 9 nitrogen and oxygen atoms in total. The number of primary amides is 1. The minimum Gasteiger partial charge on any atom is -0.483 e. The van der Waals surface area contributed by atoms with Gasteiger partial charge in [-0.25, -0.2) is 9.67 Å². The van der Waals surface area contributed by atoms with E-state index in [2.05, 4.69) is 11.9 Å². The molecule has 32 heavy (non-hydrogen) atoms. The standard InChI is InChI=1S/C21H22ClN5O2.CH2O2/c1-26-10-11-29-18(13-26)21-24-20(15-8-6-14(7-9-15)19(23)28)25-27(21)12-16-4-2-3-5-17(16)22;2-1-3/h2-9,18H,10-13H2,1H3,(H2,23,28);1H,(H,2,3). The topological polar surface area (TPSA) is 124 Å². The molecule has 1 saturated heterocycles. The molecular formula is C22H24ClN5O4. The number of carbonyl (C=O) groups excluding carboxylic acids is 1. The minimum atomic E-state index is -0.465. The molecule has 4 rings (SSSR count). The SMILES string of the molecule is CN1CCOC(c2nc(-c3ccc(C(N)=O)cc3)nn2Cc2ccccc2Cl)C1.O=CO. The van der Waals surface area contributed by atoms with Crippen molar-refractivity contribution in [3.63, 3.8) is 0 Å². The third kappa shape index (κ3) is 5.70. The number of rotatable bonds is 5. The van der Waals surface area contributed by atoms with E-state index >= 15 is 0 Å². The van der Waals surface area contributed by atoms with Crippen LogP contribution in [0, 0.1) is 0 Å². The van der Waals surface area contributed by atoms with E-state index in [1.165, 1.54) is 0 Å². The van der Waals surface area contributed by atoms with Crippen LogP contribution in [0.1, 0.15) is 27.8 Å². The van der Waals surface area contributed by atoms with Gasteiger partial charge >= 0.3 is 0 Å². The summed E-state index contributed by atoms with van der Waals surface area (Å²) in [6.07, 6.45) is -0.178. The van der Waals surface area contributed by atoms with Crippen LogP contribution in [0.25, 0.3) is 11.4 Å². The quantitative estimate of drug-likeness (QED) is 0.564. The molecule has 0 aliphatic carbocycles. The van der Waals surface area contributed by atoms with Crippen molar-refractivity contribution in [1.29, 1.82) is 0 Å². The molecule has 0 saturated carbocycles. The Morgan fingerprint density at radius 1 is 1.28 bits per heavy atom. The first-order valence-electron chi connectivity index (χ1n) is 9.89. The van der Waals surface area contributed by atoms with Gasteiger partial charge in [0.25, 0.3) is 6.47 Å². The zero-order valence-electron chi connectivity index (χ0n) is 17.5. The van der Waals surface area contributed by atoms with E-state index in [0.29, 0.717) is 29.6 Å². The minimum absolute atomic E-state index is 0.178. The summed E-state index contributed by atoms with van der Waals surface area (Å²) in [5, 5.41) is 12.3. The monoisotopic (exact) mass is 457 g/mol. The summed E-state index contributed by atoms with van der Waals surface area (Å²) in [5.74, 6) is 0.860. The zero-order valence-corrected chi connectivity index (χ0v) is 18.3. The molecule has 168 valence electrons.